The van der Waals surface area contributed by atoms with Crippen LogP contribution in [-0.4, -0.2) is 38.6 Å². The van der Waals surface area contributed by atoms with Crippen LogP contribution in [0.3, 0.4) is 0 Å². The van der Waals surface area contributed by atoms with Gasteiger partial charge in [0, 0.05) is 12.4 Å². The molecule has 3 aliphatic carbocycles. The molecular formula is C32H41NO3. The third-order valence-electron chi connectivity index (χ3n) is 10.8. The first-order valence-electron chi connectivity index (χ1n) is 13.9. The fourth-order valence-electron chi connectivity index (χ4n) is 8.72. The molecule has 4 nitrogen and oxygen atoms in total. The summed E-state index contributed by atoms with van der Waals surface area (Å²) in [5.74, 6) is 1.20. The van der Waals surface area contributed by atoms with Crippen LogP contribution in [0.4, 0.5) is 0 Å². The molecule has 3 fully saturated rings. The molecule has 192 valence electrons. The lowest BCUT2D eigenvalue weighted by atomic mass is 9.57. The number of aliphatic hydroxyl groups is 2. The Morgan fingerprint density at radius 1 is 1.25 bits per heavy atom. The summed E-state index contributed by atoms with van der Waals surface area (Å²) in [6.45, 7) is 13.4. The first-order valence-corrected chi connectivity index (χ1v) is 13.9. The van der Waals surface area contributed by atoms with Crippen LogP contribution < -0.4 is 0 Å². The first kappa shape index (κ1) is 24.3. The van der Waals surface area contributed by atoms with E-state index in [0.717, 1.165) is 44.1 Å². The molecule has 0 aromatic carbocycles. The topological polar surface area (TPSA) is 62.6 Å². The maximum absolute atomic E-state index is 11.2. The second-order valence-electron chi connectivity index (χ2n) is 12.8. The standard InChI is InChI=1S/C32H41NO3/c1-19(2)24-17-31-13-14-32(36-31)23(16-26(31)29(35)28(24)34)10-12-30(5)25(8-9-27(30)32)20(3)6-7-22-11-15-33-18-21(22)4/h6-7,10-11,15-16,18-19,24-25,27-29,34-35H,3,8-9,12-14,17H2,1-2,4-5H3. The van der Waals surface area contributed by atoms with E-state index in [1.165, 1.54) is 22.3 Å². The molecule has 36 heavy (non-hydrogen) atoms. The molecule has 2 aliphatic heterocycles. The number of hydrogen-bond acceptors (Lipinski definition) is 4. The Labute approximate surface area is 215 Å². The molecule has 1 saturated heterocycles. The van der Waals surface area contributed by atoms with Gasteiger partial charge >= 0.3 is 0 Å². The van der Waals surface area contributed by atoms with Crippen LogP contribution in [-0.2, 0) is 4.74 Å². The summed E-state index contributed by atoms with van der Waals surface area (Å²) in [7, 11) is 0. The zero-order valence-corrected chi connectivity index (χ0v) is 22.2. The smallest absolute Gasteiger partial charge is 0.104 e. The van der Waals surface area contributed by atoms with Crippen LogP contribution in [0.1, 0.15) is 70.4 Å². The number of ether oxygens (including phenoxy) is 1. The minimum absolute atomic E-state index is 0.0469. The molecule has 4 heteroatoms. The van der Waals surface area contributed by atoms with Gasteiger partial charge in [-0.3, -0.25) is 4.98 Å². The van der Waals surface area contributed by atoms with Crippen LogP contribution in [0.25, 0.3) is 6.08 Å². The Bertz CT molecular complexity index is 1180. The lowest BCUT2D eigenvalue weighted by Gasteiger charge is -2.56. The molecule has 6 rings (SSSR count). The van der Waals surface area contributed by atoms with Crippen LogP contribution in [0, 0.1) is 36.0 Å². The highest BCUT2D eigenvalue weighted by atomic mass is 16.5. The number of rotatable bonds is 4. The van der Waals surface area contributed by atoms with E-state index in [2.05, 4.69) is 69.6 Å². The average molecular weight is 488 g/mol. The monoisotopic (exact) mass is 487 g/mol. The van der Waals surface area contributed by atoms with Crippen LogP contribution in [0.2, 0.25) is 0 Å². The van der Waals surface area contributed by atoms with Crippen LogP contribution in [0.15, 0.2) is 60.0 Å². The zero-order valence-electron chi connectivity index (χ0n) is 22.2. The van der Waals surface area contributed by atoms with Gasteiger partial charge in [0.2, 0.25) is 0 Å². The summed E-state index contributed by atoms with van der Waals surface area (Å²) < 4.78 is 7.27. The van der Waals surface area contributed by atoms with Gasteiger partial charge in [-0.15, -0.1) is 0 Å². The van der Waals surface area contributed by atoms with Crippen LogP contribution in [0.5, 0.6) is 0 Å². The lowest BCUT2D eigenvalue weighted by Crippen LogP contribution is -2.59. The number of aryl methyl sites for hydroxylation is 1. The molecule has 5 aliphatic rings. The van der Waals surface area contributed by atoms with Gasteiger partial charge in [-0.2, -0.15) is 0 Å². The molecule has 0 radical (unpaired) electrons. The fourth-order valence-corrected chi connectivity index (χ4v) is 8.72. The Morgan fingerprint density at radius 2 is 2.06 bits per heavy atom. The van der Waals surface area contributed by atoms with Crippen molar-refractivity contribution in [3.05, 3.63) is 71.1 Å². The second-order valence-corrected chi connectivity index (χ2v) is 12.8. The van der Waals surface area contributed by atoms with Gasteiger partial charge in [0.25, 0.3) is 0 Å². The maximum Gasteiger partial charge on any atom is 0.104 e. The quantitative estimate of drug-likeness (QED) is 0.516. The highest BCUT2D eigenvalue weighted by Crippen LogP contribution is 2.68. The molecule has 3 heterocycles. The van der Waals surface area contributed by atoms with E-state index in [-0.39, 0.29) is 16.9 Å². The van der Waals surface area contributed by atoms with Crippen molar-refractivity contribution in [3.63, 3.8) is 0 Å². The molecule has 2 saturated carbocycles. The molecule has 1 aromatic heterocycles. The van der Waals surface area contributed by atoms with Crippen molar-refractivity contribution in [2.24, 2.45) is 29.1 Å². The normalized spacial score (nSPS) is 43.1. The van der Waals surface area contributed by atoms with Gasteiger partial charge < -0.3 is 14.9 Å². The van der Waals surface area contributed by atoms with Gasteiger partial charge in [0.15, 0.2) is 0 Å². The highest BCUT2D eigenvalue weighted by molar-refractivity contribution is 5.56. The van der Waals surface area contributed by atoms with Crippen molar-refractivity contribution in [1.82, 2.24) is 4.98 Å². The number of pyridine rings is 1. The number of aromatic nitrogens is 1. The predicted molar refractivity (Wildman–Crippen MR) is 143 cm³/mol. The van der Waals surface area contributed by atoms with Crippen molar-refractivity contribution in [1.29, 1.82) is 0 Å². The zero-order chi connectivity index (χ0) is 25.5. The van der Waals surface area contributed by atoms with Crippen molar-refractivity contribution in [2.45, 2.75) is 89.6 Å². The van der Waals surface area contributed by atoms with E-state index in [1.54, 1.807) is 0 Å². The Morgan fingerprint density at radius 3 is 2.81 bits per heavy atom. The summed E-state index contributed by atoms with van der Waals surface area (Å²) in [5.41, 5.74) is 5.13. The molecule has 1 aromatic rings. The second kappa shape index (κ2) is 8.24. The van der Waals surface area contributed by atoms with Crippen molar-refractivity contribution >= 4 is 6.08 Å². The Kier molecular flexibility index (Phi) is 5.57. The summed E-state index contributed by atoms with van der Waals surface area (Å²) >= 11 is 0. The van der Waals surface area contributed by atoms with E-state index < -0.39 is 17.8 Å². The third-order valence-corrected chi connectivity index (χ3v) is 10.8. The molecule has 2 bridgehead atoms. The molecule has 8 unspecified atom stereocenters. The number of nitrogens with zero attached hydrogens (tertiary/aromatic N) is 1. The molecule has 2 N–H and O–H groups in total. The van der Waals surface area contributed by atoms with Gasteiger partial charge in [-0.05, 0) is 103 Å². The lowest BCUT2D eigenvalue weighted by molar-refractivity contribution is -0.169. The minimum atomic E-state index is -0.839. The van der Waals surface area contributed by atoms with Gasteiger partial charge in [0.1, 0.15) is 6.10 Å². The summed E-state index contributed by atoms with van der Waals surface area (Å²) in [6.07, 6.45) is 17.2. The Balaban J connectivity index is 1.32. The van der Waals surface area contributed by atoms with Crippen molar-refractivity contribution in [3.8, 4) is 0 Å². The van der Waals surface area contributed by atoms with Crippen molar-refractivity contribution < 1.29 is 14.9 Å². The minimum Gasteiger partial charge on any atom is -0.390 e. The van der Waals surface area contributed by atoms with Gasteiger partial charge in [0.05, 0.1) is 17.3 Å². The van der Waals surface area contributed by atoms with Crippen molar-refractivity contribution in [2.75, 3.05) is 0 Å². The number of hydrogen-bond donors (Lipinski definition) is 2. The van der Waals surface area contributed by atoms with E-state index >= 15 is 0 Å². The van der Waals surface area contributed by atoms with Crippen LogP contribution >= 0.6 is 0 Å². The summed E-state index contributed by atoms with van der Waals surface area (Å²) in [4.78, 5) is 4.21. The average Bonchev–Trinajstić information content (AvgIpc) is 3.36. The first-order chi connectivity index (χ1) is 17.1. The molecule has 0 amide bonds. The number of allylic oxidation sites excluding steroid dienone is 3. The fraction of sp³-hybridized carbons (Fsp3) is 0.594. The maximum atomic E-state index is 11.2. The SMILES string of the molecule is C=C(C=Cc1ccncc1C)C1CCC2C34CCC5(CC(C(C)C)C(O)C(O)C5=CC3=CCC12C)O4. The largest absolute Gasteiger partial charge is 0.390 e. The van der Waals surface area contributed by atoms with E-state index in [1.807, 2.05) is 12.4 Å². The molecule has 8 atom stereocenters. The number of fused-ring (bicyclic) bond motifs is 1. The highest BCUT2D eigenvalue weighted by Gasteiger charge is 2.68. The molecule has 2 spiro atoms. The number of aliphatic hydroxyl groups excluding tert-OH is 2. The third kappa shape index (κ3) is 3.27. The predicted octanol–water partition coefficient (Wildman–Crippen LogP) is 5.95. The summed E-state index contributed by atoms with van der Waals surface area (Å²) in [6, 6.07) is 2.06. The van der Waals surface area contributed by atoms with E-state index in [9.17, 15) is 10.2 Å². The summed E-state index contributed by atoms with van der Waals surface area (Å²) in [5, 5.41) is 22.1. The van der Waals surface area contributed by atoms with E-state index in [0.29, 0.717) is 17.8 Å². The molecular weight excluding hydrogens is 446 g/mol. The Hall–Kier alpha value is -2.01. The van der Waals surface area contributed by atoms with Gasteiger partial charge in [-0.25, -0.2) is 0 Å². The van der Waals surface area contributed by atoms with Gasteiger partial charge in [-0.1, -0.05) is 57.2 Å². The van der Waals surface area contributed by atoms with E-state index in [4.69, 9.17) is 4.74 Å².